The van der Waals surface area contributed by atoms with Crippen molar-refractivity contribution in [3.63, 3.8) is 0 Å². The van der Waals surface area contributed by atoms with E-state index in [1.54, 1.807) is 12.1 Å². The molecular weight excluding hydrogens is 516 g/mol. The summed E-state index contributed by atoms with van der Waals surface area (Å²) in [5.74, 6) is -0.665. The van der Waals surface area contributed by atoms with Gasteiger partial charge in [-0.1, -0.05) is 48.9 Å². The van der Waals surface area contributed by atoms with E-state index >= 15 is 0 Å². The largest absolute Gasteiger partial charge is 0.493 e. The van der Waals surface area contributed by atoms with Crippen LogP contribution in [0.3, 0.4) is 0 Å². The normalized spacial score (nSPS) is 12.0. The Hall–Kier alpha value is -3.97. The molecule has 0 aliphatic rings. The van der Waals surface area contributed by atoms with Gasteiger partial charge in [-0.2, -0.15) is 0 Å². The van der Waals surface area contributed by atoms with Crippen LogP contribution in [0.15, 0.2) is 79.1 Å². The first-order valence-corrected chi connectivity index (χ1v) is 14.4. The molecule has 0 bridgehead atoms. The molecule has 7 heteroatoms. The number of carboxylic acids is 2. The van der Waals surface area contributed by atoms with Crippen molar-refractivity contribution >= 4 is 18.0 Å². The zero-order valence-corrected chi connectivity index (χ0v) is 24.0. The van der Waals surface area contributed by atoms with Crippen LogP contribution in [0.2, 0.25) is 0 Å². The number of carboxylic acid groups (broad SMARTS) is 2. The number of ether oxygens (including phenoxy) is 1. The number of carbonyl (C=O) groups is 2. The second-order valence-corrected chi connectivity index (χ2v) is 10.5. The van der Waals surface area contributed by atoms with Gasteiger partial charge in [0.25, 0.3) is 0 Å². The van der Waals surface area contributed by atoms with Crippen molar-refractivity contribution < 1.29 is 24.5 Å². The monoisotopic (exact) mass is 558 g/mol. The molecule has 41 heavy (non-hydrogen) atoms. The highest BCUT2D eigenvalue weighted by Crippen LogP contribution is 2.24. The number of hydrogen-bond donors (Lipinski definition) is 2. The van der Waals surface area contributed by atoms with Crippen LogP contribution in [0.25, 0.3) is 6.08 Å². The number of pyridine rings is 1. The SMILES string of the molecule is CN(CCCCCOc1ccccc1/C=C/C(CCCCC(=O)O)Cc1ccc(C(=O)O)cc1)Cc1ccncc1. The van der Waals surface area contributed by atoms with E-state index in [1.165, 1.54) is 5.56 Å². The summed E-state index contributed by atoms with van der Waals surface area (Å²) < 4.78 is 6.16. The summed E-state index contributed by atoms with van der Waals surface area (Å²) in [5.41, 5.74) is 3.61. The van der Waals surface area contributed by atoms with Gasteiger partial charge in [-0.05, 0) is 99.5 Å². The molecule has 0 aliphatic heterocycles. The molecule has 0 saturated carbocycles. The molecule has 0 saturated heterocycles. The number of hydrogen-bond acceptors (Lipinski definition) is 5. The fourth-order valence-corrected chi connectivity index (χ4v) is 4.75. The number of aromatic carboxylic acids is 1. The van der Waals surface area contributed by atoms with Crippen molar-refractivity contribution in [2.45, 2.75) is 57.9 Å². The van der Waals surface area contributed by atoms with Gasteiger partial charge in [-0.15, -0.1) is 0 Å². The minimum Gasteiger partial charge on any atom is -0.493 e. The smallest absolute Gasteiger partial charge is 0.335 e. The first-order valence-electron chi connectivity index (χ1n) is 14.4. The summed E-state index contributed by atoms with van der Waals surface area (Å²) in [7, 11) is 2.14. The van der Waals surface area contributed by atoms with Crippen molar-refractivity contribution in [2.24, 2.45) is 5.92 Å². The predicted octanol–water partition coefficient (Wildman–Crippen LogP) is 6.98. The summed E-state index contributed by atoms with van der Waals surface area (Å²) >= 11 is 0. The minimum atomic E-state index is -0.938. The second kappa shape index (κ2) is 17.7. The Morgan fingerprint density at radius 2 is 1.66 bits per heavy atom. The summed E-state index contributed by atoms with van der Waals surface area (Å²) in [6.45, 7) is 2.62. The topological polar surface area (TPSA) is 100.0 Å². The van der Waals surface area contributed by atoms with E-state index in [2.05, 4.69) is 41.2 Å². The molecule has 1 aromatic heterocycles. The number of rotatable bonds is 19. The number of allylic oxidation sites excluding steroid dienone is 1. The fraction of sp³-hybridized carbons (Fsp3) is 0.382. The lowest BCUT2D eigenvalue weighted by atomic mass is 9.92. The predicted molar refractivity (Wildman–Crippen MR) is 162 cm³/mol. The van der Waals surface area contributed by atoms with Crippen LogP contribution in [-0.4, -0.2) is 52.2 Å². The zero-order valence-electron chi connectivity index (χ0n) is 24.0. The van der Waals surface area contributed by atoms with E-state index in [0.29, 0.717) is 13.0 Å². The second-order valence-electron chi connectivity index (χ2n) is 10.5. The highest BCUT2D eigenvalue weighted by Gasteiger charge is 2.10. The van der Waals surface area contributed by atoms with E-state index in [-0.39, 0.29) is 17.9 Å². The molecule has 1 unspecified atom stereocenters. The molecule has 0 fully saturated rings. The molecule has 0 radical (unpaired) electrons. The maximum absolute atomic E-state index is 11.2. The third-order valence-corrected chi connectivity index (χ3v) is 7.02. The van der Waals surface area contributed by atoms with Gasteiger partial charge < -0.3 is 19.8 Å². The average molecular weight is 559 g/mol. The highest BCUT2D eigenvalue weighted by atomic mass is 16.5. The lowest BCUT2D eigenvalue weighted by Gasteiger charge is -2.16. The molecule has 1 atom stereocenters. The molecule has 7 nitrogen and oxygen atoms in total. The Morgan fingerprint density at radius 1 is 0.902 bits per heavy atom. The van der Waals surface area contributed by atoms with Crippen LogP contribution < -0.4 is 4.74 Å². The fourth-order valence-electron chi connectivity index (χ4n) is 4.75. The summed E-state index contributed by atoms with van der Waals surface area (Å²) in [4.78, 5) is 28.5. The standard InChI is InChI=1S/C34H42N2O5/c1-36(26-29-19-21-35-22-20-29)23-7-2-8-24-41-32-11-5-4-10-30(32)16-13-27(9-3-6-12-33(37)38)25-28-14-17-31(18-15-28)34(39)40/h4-5,10-11,13-22,27H,2-3,6-9,12,23-26H2,1H3,(H,37,38)(H,39,40)/b16-13+. The van der Waals surface area contributed by atoms with Crippen LogP contribution >= 0.6 is 0 Å². The number of unbranched alkanes of at least 4 members (excludes halogenated alkanes) is 3. The number of aliphatic carboxylic acids is 1. The Labute approximate surface area is 243 Å². The molecule has 1 heterocycles. The van der Waals surface area contributed by atoms with E-state index in [9.17, 15) is 14.7 Å². The van der Waals surface area contributed by atoms with Crippen molar-refractivity contribution in [3.8, 4) is 5.75 Å². The van der Waals surface area contributed by atoms with Gasteiger partial charge in [-0.25, -0.2) is 4.79 Å². The lowest BCUT2D eigenvalue weighted by molar-refractivity contribution is -0.137. The van der Waals surface area contributed by atoms with Crippen LogP contribution in [0, 0.1) is 5.92 Å². The number of nitrogens with zero attached hydrogens (tertiary/aromatic N) is 2. The molecule has 0 aliphatic carbocycles. The summed E-state index contributed by atoms with van der Waals surface area (Å²) in [6.07, 6.45) is 14.3. The van der Waals surface area contributed by atoms with Gasteiger partial charge >= 0.3 is 11.9 Å². The van der Waals surface area contributed by atoms with Crippen molar-refractivity contribution in [3.05, 3.63) is 101 Å². The lowest BCUT2D eigenvalue weighted by Crippen LogP contribution is -2.19. The summed E-state index contributed by atoms with van der Waals surface area (Å²) in [5, 5.41) is 18.2. The molecule has 3 rings (SSSR count). The van der Waals surface area contributed by atoms with E-state index < -0.39 is 11.9 Å². The third kappa shape index (κ3) is 12.4. The number of benzene rings is 2. The van der Waals surface area contributed by atoms with Gasteiger partial charge in [0.05, 0.1) is 12.2 Å². The first-order chi connectivity index (χ1) is 19.9. The van der Waals surface area contributed by atoms with E-state index in [1.807, 2.05) is 48.8 Å². The molecule has 0 amide bonds. The number of para-hydroxylation sites is 1. The molecule has 3 aromatic rings. The third-order valence-electron chi connectivity index (χ3n) is 7.02. The van der Waals surface area contributed by atoms with Crippen LogP contribution in [0.5, 0.6) is 5.75 Å². The Morgan fingerprint density at radius 3 is 2.39 bits per heavy atom. The van der Waals surface area contributed by atoms with Crippen molar-refractivity contribution in [1.29, 1.82) is 0 Å². The first kappa shape index (κ1) is 31.6. The van der Waals surface area contributed by atoms with Crippen LogP contribution in [0.4, 0.5) is 0 Å². The quantitative estimate of drug-likeness (QED) is 0.153. The molecule has 2 N–H and O–H groups in total. The Balaban J connectivity index is 1.50. The van der Waals surface area contributed by atoms with Gasteiger partial charge in [0.1, 0.15) is 5.75 Å². The van der Waals surface area contributed by atoms with E-state index in [4.69, 9.17) is 9.84 Å². The van der Waals surface area contributed by atoms with Crippen molar-refractivity contribution in [1.82, 2.24) is 9.88 Å². The average Bonchev–Trinajstić information content (AvgIpc) is 2.97. The summed E-state index contributed by atoms with van der Waals surface area (Å²) in [6, 6.07) is 19.1. The van der Waals surface area contributed by atoms with Crippen molar-refractivity contribution in [2.75, 3.05) is 20.2 Å². The zero-order chi connectivity index (χ0) is 29.3. The van der Waals surface area contributed by atoms with Crippen LogP contribution in [-0.2, 0) is 17.8 Å². The Bertz CT molecular complexity index is 1230. The molecule has 2 aromatic carbocycles. The van der Waals surface area contributed by atoms with Gasteiger partial charge in [0.2, 0.25) is 0 Å². The van der Waals surface area contributed by atoms with Gasteiger partial charge in [0.15, 0.2) is 0 Å². The highest BCUT2D eigenvalue weighted by molar-refractivity contribution is 5.87. The van der Waals surface area contributed by atoms with Gasteiger partial charge in [0, 0.05) is 30.9 Å². The minimum absolute atomic E-state index is 0.168. The van der Waals surface area contributed by atoms with Crippen LogP contribution in [0.1, 0.15) is 72.0 Å². The maximum atomic E-state index is 11.2. The van der Waals surface area contributed by atoms with E-state index in [0.717, 1.165) is 68.5 Å². The Kier molecular flexibility index (Phi) is 13.6. The molecule has 0 spiro atoms. The number of aromatic nitrogens is 1. The molecule has 218 valence electrons. The van der Waals surface area contributed by atoms with Gasteiger partial charge in [-0.3, -0.25) is 9.78 Å². The maximum Gasteiger partial charge on any atom is 0.335 e. The molecular formula is C34H42N2O5.